The predicted molar refractivity (Wildman–Crippen MR) is 64.2 cm³/mol. The first-order valence-electron chi connectivity index (χ1n) is 5.14. The maximum absolute atomic E-state index is 12.5. The molecule has 1 aromatic rings. The Morgan fingerprint density at radius 1 is 1.18 bits per heavy atom. The van der Waals surface area contributed by atoms with Crippen molar-refractivity contribution >= 4 is 11.3 Å². The van der Waals surface area contributed by atoms with E-state index in [4.69, 9.17) is 0 Å². The Kier molecular flexibility index (Phi) is 4.10. The van der Waals surface area contributed by atoms with E-state index >= 15 is 0 Å². The van der Waals surface area contributed by atoms with Crippen LogP contribution >= 0.6 is 0 Å². The van der Waals surface area contributed by atoms with Crippen LogP contribution in [0.5, 0.6) is 0 Å². The van der Waals surface area contributed by atoms with Gasteiger partial charge in [0, 0.05) is 7.05 Å². The van der Waals surface area contributed by atoms with Crippen molar-refractivity contribution in [1.82, 2.24) is 0 Å². The number of nitrogens with zero attached hydrogens (tertiary/aromatic N) is 1. The van der Waals surface area contributed by atoms with Crippen LogP contribution in [0.4, 0.5) is 13.2 Å². The standard InChI is InChI=1S/C13H14F3N/c1-9-4-6-11(7-5-9)10(2)8-12(17-3)13(14,15)16/h4-8H,1-3H3/b10-8+,17-12+. The molecule has 0 aliphatic rings. The summed E-state index contributed by atoms with van der Waals surface area (Å²) >= 11 is 0. The molecule has 0 amide bonds. The van der Waals surface area contributed by atoms with Gasteiger partial charge in [-0.2, -0.15) is 13.2 Å². The second-order valence-corrected chi connectivity index (χ2v) is 3.80. The Balaban J connectivity index is 3.04. The molecule has 0 bridgehead atoms. The molecule has 0 saturated carbocycles. The monoisotopic (exact) mass is 241 g/mol. The van der Waals surface area contributed by atoms with Gasteiger partial charge in [0.1, 0.15) is 5.71 Å². The number of rotatable bonds is 2. The molecule has 1 nitrogen and oxygen atoms in total. The molecular formula is C13H14F3N. The topological polar surface area (TPSA) is 12.4 Å². The molecule has 1 aromatic carbocycles. The van der Waals surface area contributed by atoms with E-state index in [1.165, 1.54) is 0 Å². The van der Waals surface area contributed by atoms with E-state index in [1.807, 2.05) is 19.1 Å². The maximum atomic E-state index is 12.5. The van der Waals surface area contributed by atoms with Crippen LogP contribution in [0.15, 0.2) is 35.3 Å². The smallest absolute Gasteiger partial charge is 0.284 e. The number of aryl methyl sites for hydroxylation is 1. The first kappa shape index (κ1) is 13.5. The number of aliphatic imine (C=N–C) groups is 1. The number of hydrogen-bond acceptors (Lipinski definition) is 1. The van der Waals surface area contributed by atoms with E-state index < -0.39 is 11.9 Å². The minimum Gasteiger partial charge on any atom is -0.284 e. The van der Waals surface area contributed by atoms with Crippen LogP contribution in [-0.2, 0) is 0 Å². The number of allylic oxidation sites excluding steroid dienone is 2. The molecule has 92 valence electrons. The van der Waals surface area contributed by atoms with Crippen LogP contribution in [0.1, 0.15) is 18.1 Å². The van der Waals surface area contributed by atoms with Gasteiger partial charge in [0.15, 0.2) is 0 Å². The molecule has 0 spiro atoms. The lowest BCUT2D eigenvalue weighted by molar-refractivity contribution is -0.0577. The molecular weight excluding hydrogens is 227 g/mol. The van der Waals surface area contributed by atoms with Gasteiger partial charge in [-0.1, -0.05) is 29.8 Å². The average Bonchev–Trinajstić information content (AvgIpc) is 2.24. The number of benzene rings is 1. The number of hydrogen-bond donors (Lipinski definition) is 0. The minimum absolute atomic E-state index is 0.544. The molecule has 0 radical (unpaired) electrons. The minimum atomic E-state index is -4.40. The quantitative estimate of drug-likeness (QED) is 0.693. The highest BCUT2D eigenvalue weighted by Crippen LogP contribution is 2.22. The summed E-state index contributed by atoms with van der Waals surface area (Å²) in [5.74, 6) is 0. The van der Waals surface area contributed by atoms with E-state index in [2.05, 4.69) is 4.99 Å². The molecule has 0 N–H and O–H groups in total. The van der Waals surface area contributed by atoms with Crippen molar-refractivity contribution in [2.24, 2.45) is 4.99 Å². The maximum Gasteiger partial charge on any atom is 0.432 e. The lowest BCUT2D eigenvalue weighted by atomic mass is 10.0. The summed E-state index contributed by atoms with van der Waals surface area (Å²) in [5, 5.41) is 0. The Morgan fingerprint density at radius 2 is 1.71 bits per heavy atom. The van der Waals surface area contributed by atoms with Crippen LogP contribution in [0.2, 0.25) is 0 Å². The Morgan fingerprint density at radius 3 is 2.12 bits per heavy atom. The average molecular weight is 241 g/mol. The van der Waals surface area contributed by atoms with Gasteiger partial charge in [-0.3, -0.25) is 4.99 Å². The third kappa shape index (κ3) is 3.73. The van der Waals surface area contributed by atoms with Gasteiger partial charge in [0.05, 0.1) is 0 Å². The van der Waals surface area contributed by atoms with E-state index in [1.54, 1.807) is 19.1 Å². The molecule has 17 heavy (non-hydrogen) atoms. The Hall–Kier alpha value is -1.58. The van der Waals surface area contributed by atoms with Gasteiger partial charge >= 0.3 is 6.18 Å². The second kappa shape index (κ2) is 5.17. The summed E-state index contributed by atoms with van der Waals surface area (Å²) in [6, 6.07) is 7.32. The largest absolute Gasteiger partial charge is 0.432 e. The van der Waals surface area contributed by atoms with Crippen molar-refractivity contribution in [1.29, 1.82) is 0 Å². The highest BCUT2D eigenvalue weighted by Gasteiger charge is 2.33. The Labute approximate surface area is 98.7 Å². The predicted octanol–water partition coefficient (Wildman–Crippen LogP) is 4.03. The van der Waals surface area contributed by atoms with Gasteiger partial charge in [-0.05, 0) is 31.1 Å². The first-order chi connectivity index (χ1) is 7.84. The van der Waals surface area contributed by atoms with Crippen LogP contribution < -0.4 is 0 Å². The molecule has 0 aromatic heterocycles. The summed E-state index contributed by atoms with van der Waals surface area (Å²) in [5.41, 5.74) is 1.52. The van der Waals surface area contributed by atoms with Gasteiger partial charge in [0.2, 0.25) is 0 Å². The van der Waals surface area contributed by atoms with Crippen LogP contribution in [0.25, 0.3) is 5.57 Å². The summed E-state index contributed by atoms with van der Waals surface area (Å²) in [7, 11) is 1.14. The zero-order valence-corrected chi connectivity index (χ0v) is 9.97. The van der Waals surface area contributed by atoms with E-state index in [0.717, 1.165) is 24.3 Å². The summed E-state index contributed by atoms with van der Waals surface area (Å²) in [6.45, 7) is 3.57. The molecule has 0 unspecified atom stereocenters. The fraction of sp³-hybridized carbons (Fsp3) is 0.308. The van der Waals surface area contributed by atoms with E-state index in [0.29, 0.717) is 5.57 Å². The van der Waals surface area contributed by atoms with Crippen molar-refractivity contribution in [3.8, 4) is 0 Å². The highest BCUT2D eigenvalue weighted by molar-refractivity contribution is 6.04. The van der Waals surface area contributed by atoms with Crippen molar-refractivity contribution in [2.45, 2.75) is 20.0 Å². The molecule has 4 heteroatoms. The molecule has 0 fully saturated rings. The summed E-state index contributed by atoms with van der Waals surface area (Å²) in [4.78, 5) is 3.26. The van der Waals surface area contributed by atoms with Gasteiger partial charge in [-0.25, -0.2) is 0 Å². The third-order valence-electron chi connectivity index (χ3n) is 2.39. The number of halogens is 3. The van der Waals surface area contributed by atoms with Gasteiger partial charge in [-0.15, -0.1) is 0 Å². The molecule has 0 aliphatic carbocycles. The van der Waals surface area contributed by atoms with Crippen molar-refractivity contribution < 1.29 is 13.2 Å². The van der Waals surface area contributed by atoms with Crippen LogP contribution in [0, 0.1) is 6.92 Å². The highest BCUT2D eigenvalue weighted by atomic mass is 19.4. The molecule has 0 atom stereocenters. The van der Waals surface area contributed by atoms with Crippen LogP contribution in [-0.4, -0.2) is 18.9 Å². The molecule has 1 rings (SSSR count). The zero-order valence-electron chi connectivity index (χ0n) is 9.97. The summed E-state index contributed by atoms with van der Waals surface area (Å²) < 4.78 is 37.5. The van der Waals surface area contributed by atoms with E-state index in [9.17, 15) is 13.2 Å². The number of alkyl halides is 3. The first-order valence-corrected chi connectivity index (χ1v) is 5.14. The zero-order chi connectivity index (χ0) is 13.1. The van der Waals surface area contributed by atoms with Gasteiger partial charge < -0.3 is 0 Å². The second-order valence-electron chi connectivity index (χ2n) is 3.80. The van der Waals surface area contributed by atoms with Gasteiger partial charge in [0.25, 0.3) is 0 Å². The van der Waals surface area contributed by atoms with E-state index in [-0.39, 0.29) is 0 Å². The van der Waals surface area contributed by atoms with Crippen molar-refractivity contribution in [3.05, 3.63) is 41.5 Å². The lowest BCUT2D eigenvalue weighted by Gasteiger charge is -2.08. The normalized spacial score (nSPS) is 14.0. The fourth-order valence-electron chi connectivity index (χ4n) is 1.38. The summed E-state index contributed by atoms with van der Waals surface area (Å²) in [6.07, 6.45) is -3.34. The molecule has 0 heterocycles. The molecule has 0 aliphatic heterocycles. The fourth-order valence-corrected chi connectivity index (χ4v) is 1.38. The van der Waals surface area contributed by atoms with Crippen LogP contribution in [0.3, 0.4) is 0 Å². The molecule has 0 saturated heterocycles. The van der Waals surface area contributed by atoms with Crippen molar-refractivity contribution in [3.63, 3.8) is 0 Å². The SMILES string of the molecule is C/N=C(\C=C(/C)c1ccc(C)cc1)C(F)(F)F. The van der Waals surface area contributed by atoms with Crippen molar-refractivity contribution in [2.75, 3.05) is 7.05 Å². The Bertz CT molecular complexity index is 439. The lowest BCUT2D eigenvalue weighted by Crippen LogP contribution is -2.20. The third-order valence-corrected chi connectivity index (χ3v) is 2.39.